The number of nitrogens with zero attached hydrogens (tertiary/aromatic N) is 1. The largest absolute Gasteiger partial charge is 0.480 e. The molecule has 0 spiro atoms. The lowest BCUT2D eigenvalue weighted by atomic mass is 9.99. The monoisotopic (exact) mass is 301 g/mol. The molecule has 0 saturated carbocycles. The predicted molar refractivity (Wildman–Crippen MR) is 67.8 cm³/mol. The van der Waals surface area contributed by atoms with E-state index in [1.165, 1.54) is 12.1 Å². The molecule has 1 unspecified atom stereocenters. The SMILES string of the molecule is O=C(O)C1CCCCN1C(=O)c1ccccc1C(F)(F)F. The Morgan fingerprint density at radius 3 is 2.48 bits per heavy atom. The number of hydrogen-bond acceptors (Lipinski definition) is 2. The summed E-state index contributed by atoms with van der Waals surface area (Å²) in [5.41, 5.74) is -1.54. The van der Waals surface area contributed by atoms with Gasteiger partial charge in [0.1, 0.15) is 6.04 Å². The van der Waals surface area contributed by atoms with E-state index in [0.717, 1.165) is 17.0 Å². The first-order chi connectivity index (χ1) is 9.82. The van der Waals surface area contributed by atoms with Crippen LogP contribution in [0.25, 0.3) is 0 Å². The van der Waals surface area contributed by atoms with Gasteiger partial charge in [0.05, 0.1) is 11.1 Å². The highest BCUT2D eigenvalue weighted by atomic mass is 19.4. The van der Waals surface area contributed by atoms with Crippen molar-refractivity contribution >= 4 is 11.9 Å². The Labute approximate surface area is 119 Å². The number of halogens is 3. The number of aliphatic carboxylic acids is 1. The highest BCUT2D eigenvalue weighted by Gasteiger charge is 2.38. The van der Waals surface area contributed by atoms with E-state index in [1.54, 1.807) is 0 Å². The minimum Gasteiger partial charge on any atom is -0.480 e. The molecule has 1 fully saturated rings. The summed E-state index contributed by atoms with van der Waals surface area (Å²) >= 11 is 0. The maximum atomic E-state index is 12.9. The van der Waals surface area contributed by atoms with Crippen molar-refractivity contribution in [3.8, 4) is 0 Å². The third-order valence-electron chi connectivity index (χ3n) is 3.51. The van der Waals surface area contributed by atoms with Gasteiger partial charge in [-0.3, -0.25) is 4.79 Å². The zero-order valence-electron chi connectivity index (χ0n) is 11.1. The number of carbonyl (C=O) groups is 2. The number of amides is 1. The van der Waals surface area contributed by atoms with Gasteiger partial charge >= 0.3 is 12.1 Å². The first-order valence-corrected chi connectivity index (χ1v) is 6.52. The summed E-state index contributed by atoms with van der Waals surface area (Å²) in [5.74, 6) is -2.07. The summed E-state index contributed by atoms with van der Waals surface area (Å²) in [4.78, 5) is 24.5. The Morgan fingerprint density at radius 1 is 1.19 bits per heavy atom. The first-order valence-electron chi connectivity index (χ1n) is 6.52. The van der Waals surface area contributed by atoms with Gasteiger partial charge in [0, 0.05) is 6.54 Å². The Bertz CT molecular complexity index is 557. The minimum atomic E-state index is -4.65. The molecular formula is C14H14F3NO3. The standard InChI is InChI=1S/C14H14F3NO3/c15-14(16,17)10-6-2-1-5-9(10)12(19)18-8-4-3-7-11(18)13(20)21/h1-2,5-6,11H,3-4,7-8H2,(H,20,21). The number of piperidine rings is 1. The van der Waals surface area contributed by atoms with Crippen LogP contribution in [0.5, 0.6) is 0 Å². The Kier molecular flexibility index (Phi) is 4.20. The van der Waals surface area contributed by atoms with Gasteiger partial charge in [0.25, 0.3) is 5.91 Å². The number of alkyl halides is 3. The van der Waals surface area contributed by atoms with Gasteiger partial charge in [-0.25, -0.2) is 4.79 Å². The van der Waals surface area contributed by atoms with Gasteiger partial charge < -0.3 is 10.0 Å². The number of benzene rings is 1. The van der Waals surface area contributed by atoms with Gasteiger partial charge in [-0.05, 0) is 31.4 Å². The number of hydrogen-bond donors (Lipinski definition) is 1. The van der Waals surface area contributed by atoms with Crippen LogP contribution >= 0.6 is 0 Å². The molecule has 0 bridgehead atoms. The molecule has 1 heterocycles. The molecule has 0 aromatic heterocycles. The molecule has 0 radical (unpaired) electrons. The van der Waals surface area contributed by atoms with Crippen molar-refractivity contribution in [1.82, 2.24) is 4.90 Å². The van der Waals surface area contributed by atoms with Crippen molar-refractivity contribution < 1.29 is 27.9 Å². The summed E-state index contributed by atoms with van der Waals surface area (Å²) < 4.78 is 38.8. The van der Waals surface area contributed by atoms with E-state index in [0.29, 0.717) is 12.8 Å². The summed E-state index contributed by atoms with van der Waals surface area (Å²) in [6.07, 6.45) is -3.17. The highest BCUT2D eigenvalue weighted by Crippen LogP contribution is 2.33. The molecule has 1 aromatic carbocycles. The third kappa shape index (κ3) is 3.17. The lowest BCUT2D eigenvalue weighted by Gasteiger charge is -2.33. The molecule has 1 aliphatic rings. The van der Waals surface area contributed by atoms with E-state index in [4.69, 9.17) is 5.11 Å². The zero-order valence-corrected chi connectivity index (χ0v) is 11.1. The van der Waals surface area contributed by atoms with Crippen molar-refractivity contribution in [3.63, 3.8) is 0 Å². The second-order valence-electron chi connectivity index (χ2n) is 4.89. The van der Waals surface area contributed by atoms with Crippen molar-refractivity contribution in [2.75, 3.05) is 6.54 Å². The van der Waals surface area contributed by atoms with Crippen LogP contribution in [0, 0.1) is 0 Å². The molecule has 1 aromatic rings. The molecule has 1 N–H and O–H groups in total. The fourth-order valence-electron chi connectivity index (χ4n) is 2.50. The van der Waals surface area contributed by atoms with Crippen LogP contribution in [-0.2, 0) is 11.0 Å². The summed E-state index contributed by atoms with van der Waals surface area (Å²) in [6.45, 7) is 0.155. The molecule has 1 saturated heterocycles. The van der Waals surface area contributed by atoms with E-state index in [9.17, 15) is 22.8 Å². The quantitative estimate of drug-likeness (QED) is 0.914. The van der Waals surface area contributed by atoms with Crippen LogP contribution in [0.4, 0.5) is 13.2 Å². The van der Waals surface area contributed by atoms with Crippen molar-refractivity contribution in [3.05, 3.63) is 35.4 Å². The van der Waals surface area contributed by atoms with E-state index in [1.807, 2.05) is 0 Å². The molecule has 1 atom stereocenters. The van der Waals surface area contributed by atoms with Gasteiger partial charge in [0.15, 0.2) is 0 Å². The van der Waals surface area contributed by atoms with Crippen LogP contribution in [-0.4, -0.2) is 34.5 Å². The van der Waals surface area contributed by atoms with Gasteiger partial charge in [0.2, 0.25) is 0 Å². The van der Waals surface area contributed by atoms with E-state index in [-0.39, 0.29) is 13.0 Å². The van der Waals surface area contributed by atoms with E-state index in [2.05, 4.69) is 0 Å². The van der Waals surface area contributed by atoms with E-state index < -0.39 is 35.2 Å². The molecule has 2 rings (SSSR count). The Morgan fingerprint density at radius 2 is 1.86 bits per heavy atom. The zero-order chi connectivity index (χ0) is 15.6. The smallest absolute Gasteiger partial charge is 0.417 e. The fourth-order valence-corrected chi connectivity index (χ4v) is 2.50. The average molecular weight is 301 g/mol. The lowest BCUT2D eigenvalue weighted by molar-refractivity contribution is -0.143. The highest BCUT2D eigenvalue weighted by molar-refractivity contribution is 5.98. The number of carboxylic acid groups (broad SMARTS) is 1. The van der Waals surface area contributed by atoms with Crippen molar-refractivity contribution in [2.45, 2.75) is 31.5 Å². The average Bonchev–Trinajstić information content (AvgIpc) is 2.45. The van der Waals surface area contributed by atoms with Crippen LogP contribution in [0.3, 0.4) is 0 Å². The normalized spacial score (nSPS) is 19.4. The maximum Gasteiger partial charge on any atom is 0.417 e. The first kappa shape index (κ1) is 15.3. The minimum absolute atomic E-state index is 0.155. The molecule has 21 heavy (non-hydrogen) atoms. The molecule has 0 aliphatic carbocycles. The van der Waals surface area contributed by atoms with Crippen LogP contribution in [0.2, 0.25) is 0 Å². The van der Waals surface area contributed by atoms with Gasteiger partial charge in [-0.15, -0.1) is 0 Å². The second-order valence-corrected chi connectivity index (χ2v) is 4.89. The summed E-state index contributed by atoms with van der Waals surface area (Å²) in [5, 5.41) is 9.12. The molecule has 1 aliphatic heterocycles. The number of rotatable bonds is 2. The topological polar surface area (TPSA) is 57.6 Å². The van der Waals surface area contributed by atoms with Crippen LogP contribution < -0.4 is 0 Å². The molecular weight excluding hydrogens is 287 g/mol. The number of likely N-dealkylation sites (tertiary alicyclic amines) is 1. The number of carbonyl (C=O) groups excluding carboxylic acids is 1. The molecule has 7 heteroatoms. The van der Waals surface area contributed by atoms with Crippen LogP contribution in [0.1, 0.15) is 35.2 Å². The molecule has 1 amide bonds. The molecule has 4 nitrogen and oxygen atoms in total. The van der Waals surface area contributed by atoms with Crippen LogP contribution in [0.15, 0.2) is 24.3 Å². The van der Waals surface area contributed by atoms with Gasteiger partial charge in [-0.1, -0.05) is 12.1 Å². The van der Waals surface area contributed by atoms with E-state index >= 15 is 0 Å². The molecule has 114 valence electrons. The summed E-state index contributed by atoms with van der Waals surface area (Å²) in [6, 6.07) is 3.38. The Balaban J connectivity index is 2.37. The fraction of sp³-hybridized carbons (Fsp3) is 0.429. The third-order valence-corrected chi connectivity index (χ3v) is 3.51. The number of carboxylic acids is 1. The lowest BCUT2D eigenvalue weighted by Crippen LogP contribution is -2.48. The van der Waals surface area contributed by atoms with Crippen molar-refractivity contribution in [2.24, 2.45) is 0 Å². The predicted octanol–water partition coefficient (Wildman–Crippen LogP) is 2.78. The second kappa shape index (κ2) is 5.75. The summed E-state index contributed by atoms with van der Waals surface area (Å²) in [7, 11) is 0. The van der Waals surface area contributed by atoms with Gasteiger partial charge in [-0.2, -0.15) is 13.2 Å². The van der Waals surface area contributed by atoms with Crippen molar-refractivity contribution in [1.29, 1.82) is 0 Å². The maximum absolute atomic E-state index is 12.9. The Hall–Kier alpha value is -2.05.